The Balaban J connectivity index is 1.52. The van der Waals surface area contributed by atoms with Crippen molar-refractivity contribution in [2.24, 2.45) is 0 Å². The highest BCUT2D eigenvalue weighted by Crippen LogP contribution is 2.38. The van der Waals surface area contributed by atoms with Gasteiger partial charge in [0.2, 0.25) is 0 Å². The van der Waals surface area contributed by atoms with Crippen molar-refractivity contribution in [2.75, 3.05) is 0 Å². The summed E-state index contributed by atoms with van der Waals surface area (Å²) in [6, 6.07) is 46.1. The number of fused-ring (bicyclic) bond motifs is 1. The van der Waals surface area contributed by atoms with Crippen LogP contribution in [0.3, 0.4) is 0 Å². The predicted octanol–water partition coefficient (Wildman–Crippen LogP) is 8.82. The molecule has 6 rings (SSSR count). The normalized spacial score (nSPS) is 11.1. The molecule has 0 atom stereocenters. The largest absolute Gasteiger partial charge is 0.507 e. The molecule has 3 heteroatoms. The average molecular weight is 518 g/mol. The van der Waals surface area contributed by atoms with E-state index >= 15 is 0 Å². The van der Waals surface area contributed by atoms with Crippen molar-refractivity contribution in [2.45, 2.75) is 0 Å². The third-order valence-electron chi connectivity index (χ3n) is 6.91. The summed E-state index contributed by atoms with van der Waals surface area (Å²) in [6.45, 7) is 0. The molecule has 5 aromatic carbocycles. The molecular weight excluding hydrogens is 490 g/mol. The second-order valence-corrected chi connectivity index (χ2v) is 9.54. The first-order valence-electron chi connectivity index (χ1n) is 13.2. The van der Waals surface area contributed by atoms with Gasteiger partial charge in [-0.05, 0) is 69.8 Å². The van der Waals surface area contributed by atoms with Gasteiger partial charge < -0.3 is 10.2 Å². The van der Waals surface area contributed by atoms with Gasteiger partial charge in [0.15, 0.2) is 0 Å². The Morgan fingerprint density at radius 3 is 1.65 bits per heavy atom. The maximum Gasteiger partial charge on any atom is 0.141 e. The van der Waals surface area contributed by atoms with Gasteiger partial charge in [0.05, 0.1) is 5.69 Å². The fourth-order valence-corrected chi connectivity index (χ4v) is 4.98. The monoisotopic (exact) mass is 517 g/mol. The Hall–Kier alpha value is -5.41. The molecule has 0 saturated heterocycles. The number of pyridine rings is 1. The van der Waals surface area contributed by atoms with Gasteiger partial charge in [0.1, 0.15) is 17.0 Å². The van der Waals surface area contributed by atoms with E-state index in [0.29, 0.717) is 16.8 Å². The zero-order valence-electron chi connectivity index (χ0n) is 21.8. The lowest BCUT2D eigenvalue weighted by molar-refractivity contribution is 0.474. The SMILES string of the molecule is Oc1ccc(C(=C(c2ccccc2)c2ccccc2)c2ccccc2)cc1C=Cc1ccc2cccc(O)c2n1. The zero-order chi connectivity index (χ0) is 27.3. The molecule has 0 bridgehead atoms. The molecule has 1 heterocycles. The van der Waals surface area contributed by atoms with E-state index in [-0.39, 0.29) is 11.5 Å². The van der Waals surface area contributed by atoms with Crippen molar-refractivity contribution < 1.29 is 10.2 Å². The van der Waals surface area contributed by atoms with Crippen molar-refractivity contribution in [1.82, 2.24) is 4.98 Å². The summed E-state index contributed by atoms with van der Waals surface area (Å²) in [6.07, 6.45) is 3.71. The number of hydrogen-bond donors (Lipinski definition) is 2. The Kier molecular flexibility index (Phi) is 6.93. The molecule has 3 nitrogen and oxygen atoms in total. The van der Waals surface area contributed by atoms with Crippen LogP contribution < -0.4 is 0 Å². The molecular formula is C37H27NO2. The minimum Gasteiger partial charge on any atom is -0.507 e. The van der Waals surface area contributed by atoms with Crippen LogP contribution in [0.25, 0.3) is 34.2 Å². The van der Waals surface area contributed by atoms with Crippen LogP contribution >= 0.6 is 0 Å². The molecule has 0 aliphatic rings. The molecule has 0 radical (unpaired) electrons. The minimum absolute atomic E-state index is 0.143. The van der Waals surface area contributed by atoms with Crippen LogP contribution in [0.15, 0.2) is 140 Å². The van der Waals surface area contributed by atoms with Gasteiger partial charge in [-0.1, -0.05) is 115 Å². The topological polar surface area (TPSA) is 53.4 Å². The van der Waals surface area contributed by atoms with Gasteiger partial charge in [-0.3, -0.25) is 0 Å². The molecule has 0 spiro atoms. The van der Waals surface area contributed by atoms with Crippen molar-refractivity contribution in [3.63, 3.8) is 0 Å². The molecule has 0 unspecified atom stereocenters. The standard InChI is InChI=1S/C37H27NO2/c39-33-24-21-31(25-30(33)20-23-32-22-19-29-17-10-18-34(40)37(29)38-32)36(28-15-8-3-9-16-28)35(26-11-4-1-5-12-26)27-13-6-2-7-14-27/h1-25,39-40H. The Bertz CT molecular complexity index is 1800. The third-order valence-corrected chi connectivity index (χ3v) is 6.91. The van der Waals surface area contributed by atoms with Crippen molar-refractivity contribution in [3.8, 4) is 11.5 Å². The van der Waals surface area contributed by atoms with E-state index < -0.39 is 0 Å². The maximum atomic E-state index is 10.8. The van der Waals surface area contributed by atoms with E-state index in [1.54, 1.807) is 18.2 Å². The van der Waals surface area contributed by atoms with Gasteiger partial charge in [0.25, 0.3) is 0 Å². The fraction of sp³-hybridized carbons (Fsp3) is 0. The van der Waals surface area contributed by atoms with Gasteiger partial charge in [-0.25, -0.2) is 4.98 Å². The van der Waals surface area contributed by atoms with E-state index in [4.69, 9.17) is 0 Å². The lowest BCUT2D eigenvalue weighted by atomic mass is 9.85. The number of phenols is 2. The van der Waals surface area contributed by atoms with Gasteiger partial charge in [-0.15, -0.1) is 0 Å². The maximum absolute atomic E-state index is 10.8. The summed E-state index contributed by atoms with van der Waals surface area (Å²) in [4.78, 5) is 4.60. The van der Waals surface area contributed by atoms with Crippen LogP contribution in [0.5, 0.6) is 11.5 Å². The summed E-state index contributed by atoms with van der Waals surface area (Å²) in [5.41, 5.74) is 8.37. The number of nitrogens with zero attached hydrogens (tertiary/aromatic N) is 1. The first-order chi connectivity index (χ1) is 19.7. The van der Waals surface area contributed by atoms with E-state index in [9.17, 15) is 10.2 Å². The Labute approximate surface area is 233 Å². The lowest BCUT2D eigenvalue weighted by Crippen LogP contribution is -1.98. The van der Waals surface area contributed by atoms with Crippen LogP contribution in [0, 0.1) is 0 Å². The summed E-state index contributed by atoms with van der Waals surface area (Å²) >= 11 is 0. The number of benzene rings is 5. The van der Waals surface area contributed by atoms with E-state index in [1.807, 2.05) is 72.8 Å². The summed E-state index contributed by atoms with van der Waals surface area (Å²) < 4.78 is 0. The number of para-hydroxylation sites is 1. The lowest BCUT2D eigenvalue weighted by Gasteiger charge is -2.18. The highest BCUT2D eigenvalue weighted by atomic mass is 16.3. The highest BCUT2D eigenvalue weighted by molar-refractivity contribution is 6.05. The second kappa shape index (κ2) is 11.1. The zero-order valence-corrected chi connectivity index (χ0v) is 21.8. The first-order valence-corrected chi connectivity index (χ1v) is 13.2. The van der Waals surface area contributed by atoms with Crippen LogP contribution in [-0.2, 0) is 0 Å². The smallest absolute Gasteiger partial charge is 0.141 e. The Morgan fingerprint density at radius 1 is 0.475 bits per heavy atom. The molecule has 0 aliphatic carbocycles. The van der Waals surface area contributed by atoms with Crippen molar-refractivity contribution in [1.29, 1.82) is 0 Å². The minimum atomic E-state index is 0.143. The molecule has 0 amide bonds. The quantitative estimate of drug-likeness (QED) is 0.217. The Morgan fingerprint density at radius 2 is 1.05 bits per heavy atom. The number of aromatic nitrogens is 1. The summed E-state index contributed by atoms with van der Waals surface area (Å²) in [7, 11) is 0. The second-order valence-electron chi connectivity index (χ2n) is 9.54. The molecule has 0 saturated carbocycles. The average Bonchev–Trinajstić information content (AvgIpc) is 3.01. The van der Waals surface area contributed by atoms with E-state index in [0.717, 1.165) is 38.8 Å². The molecule has 1 aromatic heterocycles. The third kappa shape index (κ3) is 5.13. The molecule has 40 heavy (non-hydrogen) atoms. The number of phenolic OH excluding ortho intramolecular Hbond substituents is 2. The van der Waals surface area contributed by atoms with E-state index in [2.05, 4.69) is 65.6 Å². The molecule has 0 aliphatic heterocycles. The molecule has 2 N–H and O–H groups in total. The van der Waals surface area contributed by atoms with E-state index in [1.165, 1.54) is 0 Å². The van der Waals surface area contributed by atoms with Crippen molar-refractivity contribution in [3.05, 3.63) is 173 Å². The van der Waals surface area contributed by atoms with Crippen molar-refractivity contribution >= 4 is 34.2 Å². The highest BCUT2D eigenvalue weighted by Gasteiger charge is 2.17. The predicted molar refractivity (Wildman–Crippen MR) is 165 cm³/mol. The van der Waals surface area contributed by atoms with Crippen LogP contribution in [0.2, 0.25) is 0 Å². The summed E-state index contributed by atoms with van der Waals surface area (Å²) in [5, 5.41) is 21.9. The van der Waals surface area contributed by atoms with Crippen LogP contribution in [0.4, 0.5) is 0 Å². The first kappa shape index (κ1) is 24.9. The van der Waals surface area contributed by atoms with Crippen LogP contribution in [-0.4, -0.2) is 15.2 Å². The number of rotatable bonds is 6. The van der Waals surface area contributed by atoms with Crippen LogP contribution in [0.1, 0.15) is 33.5 Å². The van der Waals surface area contributed by atoms with Gasteiger partial charge >= 0.3 is 0 Å². The molecule has 192 valence electrons. The molecule has 6 aromatic rings. The number of hydrogen-bond acceptors (Lipinski definition) is 3. The fourth-order valence-electron chi connectivity index (χ4n) is 4.98. The number of aromatic hydroxyl groups is 2. The summed E-state index contributed by atoms with van der Waals surface area (Å²) in [5.74, 6) is 0.321. The molecule has 0 fully saturated rings. The van der Waals surface area contributed by atoms with Gasteiger partial charge in [-0.2, -0.15) is 0 Å². The van der Waals surface area contributed by atoms with Gasteiger partial charge in [0, 0.05) is 10.9 Å².